The van der Waals surface area contributed by atoms with Crippen molar-refractivity contribution in [2.45, 2.75) is 58.8 Å². The first-order valence-electron chi connectivity index (χ1n) is 8.07. The molecule has 2 fully saturated rings. The van der Waals surface area contributed by atoms with E-state index in [0.717, 1.165) is 44.3 Å². The Balaban J connectivity index is 1.59. The lowest BCUT2D eigenvalue weighted by molar-refractivity contribution is -0.121. The third-order valence-corrected chi connectivity index (χ3v) is 4.70. The van der Waals surface area contributed by atoms with Crippen molar-refractivity contribution in [3.63, 3.8) is 0 Å². The second-order valence-corrected chi connectivity index (χ2v) is 7.11. The van der Waals surface area contributed by atoms with E-state index in [9.17, 15) is 4.79 Å². The predicted molar refractivity (Wildman–Crippen MR) is 79.0 cm³/mol. The van der Waals surface area contributed by atoms with Gasteiger partial charge in [0, 0.05) is 13.0 Å². The molecule has 0 bridgehead atoms. The molecule has 110 valence electrons. The zero-order valence-corrected chi connectivity index (χ0v) is 12.6. The molecule has 0 aromatic carbocycles. The average molecular weight is 266 g/mol. The summed E-state index contributed by atoms with van der Waals surface area (Å²) >= 11 is 0. The fraction of sp³-hybridized carbons (Fsp3) is 0.938. The quantitative estimate of drug-likeness (QED) is 0.744. The smallest absolute Gasteiger partial charge is 0.220 e. The Morgan fingerprint density at radius 2 is 2.00 bits per heavy atom. The van der Waals surface area contributed by atoms with Crippen molar-refractivity contribution in [1.29, 1.82) is 0 Å². The lowest BCUT2D eigenvalue weighted by Gasteiger charge is -2.22. The molecule has 3 heteroatoms. The van der Waals surface area contributed by atoms with Gasteiger partial charge in [-0.05, 0) is 68.9 Å². The van der Waals surface area contributed by atoms with Gasteiger partial charge >= 0.3 is 0 Å². The summed E-state index contributed by atoms with van der Waals surface area (Å²) in [4.78, 5) is 11.9. The molecule has 0 atom stereocenters. The van der Waals surface area contributed by atoms with Gasteiger partial charge in [0.1, 0.15) is 0 Å². The molecule has 2 rings (SSSR count). The van der Waals surface area contributed by atoms with Crippen molar-refractivity contribution in [2.75, 3.05) is 19.6 Å². The molecule has 0 aromatic rings. The van der Waals surface area contributed by atoms with Crippen LogP contribution in [-0.2, 0) is 4.79 Å². The van der Waals surface area contributed by atoms with E-state index < -0.39 is 0 Å². The molecular weight excluding hydrogens is 236 g/mol. The Morgan fingerprint density at radius 3 is 2.58 bits per heavy atom. The van der Waals surface area contributed by atoms with Gasteiger partial charge in [-0.15, -0.1) is 0 Å². The van der Waals surface area contributed by atoms with E-state index in [0.29, 0.717) is 5.41 Å². The van der Waals surface area contributed by atoms with E-state index in [2.05, 4.69) is 24.5 Å². The summed E-state index contributed by atoms with van der Waals surface area (Å²) in [7, 11) is 0. The van der Waals surface area contributed by atoms with Gasteiger partial charge in [-0.1, -0.05) is 13.8 Å². The molecule has 1 heterocycles. The zero-order valence-electron chi connectivity index (χ0n) is 12.6. The van der Waals surface area contributed by atoms with Crippen LogP contribution in [0.1, 0.15) is 58.8 Å². The van der Waals surface area contributed by atoms with Crippen LogP contribution in [0.5, 0.6) is 0 Å². The molecule has 0 radical (unpaired) electrons. The maximum Gasteiger partial charge on any atom is 0.220 e. The van der Waals surface area contributed by atoms with Crippen molar-refractivity contribution in [1.82, 2.24) is 10.6 Å². The maximum atomic E-state index is 11.9. The van der Waals surface area contributed by atoms with Crippen LogP contribution in [0.25, 0.3) is 0 Å². The van der Waals surface area contributed by atoms with Crippen molar-refractivity contribution in [3.05, 3.63) is 0 Å². The lowest BCUT2D eigenvalue weighted by Crippen LogP contribution is -2.32. The molecular formula is C16H30N2O. The Kier molecular flexibility index (Phi) is 5.26. The number of carbonyl (C=O) groups excluding carboxylic acids is 1. The van der Waals surface area contributed by atoms with Crippen LogP contribution in [0.15, 0.2) is 0 Å². The van der Waals surface area contributed by atoms with E-state index in [-0.39, 0.29) is 5.91 Å². The zero-order chi connectivity index (χ0) is 13.7. The third kappa shape index (κ3) is 5.13. The molecule has 2 aliphatic rings. The summed E-state index contributed by atoms with van der Waals surface area (Å²) in [6.45, 7) is 7.72. The summed E-state index contributed by atoms with van der Waals surface area (Å²) in [5.74, 6) is 1.78. The summed E-state index contributed by atoms with van der Waals surface area (Å²) < 4.78 is 0. The first-order chi connectivity index (χ1) is 9.10. The van der Waals surface area contributed by atoms with Gasteiger partial charge in [0.25, 0.3) is 0 Å². The maximum absolute atomic E-state index is 11.9. The standard InChI is InChI=1S/C16H30N2O/c1-13(2)11-16(7-8-16)12-18-15(19)4-3-14-5-9-17-10-6-14/h13-14,17H,3-12H2,1-2H3,(H,18,19). The van der Waals surface area contributed by atoms with Gasteiger partial charge in [0.2, 0.25) is 5.91 Å². The fourth-order valence-electron chi connectivity index (χ4n) is 3.38. The van der Waals surface area contributed by atoms with E-state index in [1.807, 2.05) is 0 Å². The van der Waals surface area contributed by atoms with Crippen LogP contribution in [0.4, 0.5) is 0 Å². The molecule has 19 heavy (non-hydrogen) atoms. The van der Waals surface area contributed by atoms with Crippen molar-refractivity contribution >= 4 is 5.91 Å². The molecule has 1 saturated heterocycles. The number of carbonyl (C=O) groups is 1. The van der Waals surface area contributed by atoms with E-state index in [4.69, 9.17) is 0 Å². The first-order valence-corrected chi connectivity index (χ1v) is 8.07. The van der Waals surface area contributed by atoms with Gasteiger partial charge in [0.15, 0.2) is 0 Å². The van der Waals surface area contributed by atoms with Gasteiger partial charge in [-0.2, -0.15) is 0 Å². The molecule has 1 aliphatic heterocycles. The number of hydrogen-bond donors (Lipinski definition) is 2. The topological polar surface area (TPSA) is 41.1 Å². The highest BCUT2D eigenvalue weighted by atomic mass is 16.1. The minimum atomic E-state index is 0.272. The first kappa shape index (κ1) is 14.8. The van der Waals surface area contributed by atoms with E-state index in [1.165, 1.54) is 32.1 Å². The number of rotatable bonds is 7. The van der Waals surface area contributed by atoms with Gasteiger partial charge in [-0.25, -0.2) is 0 Å². The summed E-state index contributed by atoms with van der Waals surface area (Å²) in [6, 6.07) is 0. The second-order valence-electron chi connectivity index (χ2n) is 7.11. The lowest BCUT2D eigenvalue weighted by atomic mass is 9.92. The van der Waals surface area contributed by atoms with Crippen LogP contribution in [0.2, 0.25) is 0 Å². The second kappa shape index (κ2) is 6.74. The molecule has 0 unspecified atom stereocenters. The van der Waals surface area contributed by atoms with Crippen molar-refractivity contribution in [2.24, 2.45) is 17.3 Å². The third-order valence-electron chi connectivity index (χ3n) is 4.70. The van der Waals surface area contributed by atoms with Crippen LogP contribution < -0.4 is 10.6 Å². The molecule has 1 saturated carbocycles. The molecule has 0 aromatic heterocycles. The molecule has 2 N–H and O–H groups in total. The molecule has 1 amide bonds. The van der Waals surface area contributed by atoms with Crippen molar-refractivity contribution in [3.8, 4) is 0 Å². The van der Waals surface area contributed by atoms with Crippen LogP contribution in [-0.4, -0.2) is 25.5 Å². The summed E-state index contributed by atoms with van der Waals surface area (Å²) in [5.41, 5.74) is 0.457. The van der Waals surface area contributed by atoms with E-state index >= 15 is 0 Å². The van der Waals surface area contributed by atoms with E-state index in [1.54, 1.807) is 0 Å². The predicted octanol–water partition coefficient (Wildman–Crippen LogP) is 2.71. The number of amides is 1. The number of piperidine rings is 1. The highest BCUT2D eigenvalue weighted by Gasteiger charge is 2.42. The minimum absolute atomic E-state index is 0.272. The Morgan fingerprint density at radius 1 is 1.32 bits per heavy atom. The Labute approximate surface area is 117 Å². The van der Waals surface area contributed by atoms with Crippen LogP contribution in [0, 0.1) is 17.3 Å². The highest BCUT2D eigenvalue weighted by Crippen LogP contribution is 2.49. The minimum Gasteiger partial charge on any atom is -0.356 e. The van der Waals surface area contributed by atoms with Crippen molar-refractivity contribution < 1.29 is 4.79 Å². The average Bonchev–Trinajstić information content (AvgIpc) is 3.14. The normalized spacial score (nSPS) is 22.5. The summed E-state index contributed by atoms with van der Waals surface area (Å²) in [6.07, 6.45) is 8.16. The number of hydrogen-bond acceptors (Lipinski definition) is 2. The number of nitrogens with one attached hydrogen (secondary N) is 2. The fourth-order valence-corrected chi connectivity index (χ4v) is 3.38. The highest BCUT2D eigenvalue weighted by molar-refractivity contribution is 5.75. The molecule has 1 aliphatic carbocycles. The van der Waals surface area contributed by atoms with Gasteiger partial charge in [-0.3, -0.25) is 4.79 Å². The molecule has 3 nitrogen and oxygen atoms in total. The Bertz CT molecular complexity index is 291. The Hall–Kier alpha value is -0.570. The summed E-state index contributed by atoms with van der Waals surface area (Å²) in [5, 5.41) is 6.55. The van der Waals surface area contributed by atoms with Crippen LogP contribution >= 0.6 is 0 Å². The van der Waals surface area contributed by atoms with Crippen LogP contribution in [0.3, 0.4) is 0 Å². The SMILES string of the molecule is CC(C)CC1(CNC(=O)CCC2CCNCC2)CC1. The van der Waals surface area contributed by atoms with Gasteiger partial charge < -0.3 is 10.6 Å². The molecule has 0 spiro atoms. The monoisotopic (exact) mass is 266 g/mol. The largest absolute Gasteiger partial charge is 0.356 e. The van der Waals surface area contributed by atoms with Gasteiger partial charge in [0.05, 0.1) is 0 Å².